The summed E-state index contributed by atoms with van der Waals surface area (Å²) in [5.41, 5.74) is -0.409. The largest absolute Gasteiger partial charge is 0.478 e. The van der Waals surface area contributed by atoms with Crippen molar-refractivity contribution in [3.05, 3.63) is 65.0 Å². The van der Waals surface area contributed by atoms with E-state index in [-0.39, 0.29) is 16.0 Å². The quantitative estimate of drug-likeness (QED) is 0.943. The van der Waals surface area contributed by atoms with Gasteiger partial charge in [0.1, 0.15) is 5.82 Å². The van der Waals surface area contributed by atoms with E-state index < -0.39 is 40.0 Å². The Morgan fingerprint density at radius 2 is 1.81 bits per heavy atom. The third kappa shape index (κ3) is 3.30. The smallest absolute Gasteiger partial charge is 0.335 e. The lowest BCUT2D eigenvalue weighted by Gasteiger charge is -2.06. The van der Waals surface area contributed by atoms with Crippen molar-refractivity contribution in [3.8, 4) is 0 Å². The first-order valence-electron chi connectivity index (χ1n) is 5.74. The highest BCUT2D eigenvalue weighted by atomic mass is 32.2. The zero-order chi connectivity index (χ0) is 15.6. The Morgan fingerprint density at radius 3 is 2.48 bits per heavy atom. The maximum atomic E-state index is 13.6. The lowest BCUT2D eigenvalue weighted by Crippen LogP contribution is -2.05. The van der Waals surface area contributed by atoms with Gasteiger partial charge in [-0.25, -0.2) is 18.0 Å². The summed E-state index contributed by atoms with van der Waals surface area (Å²) in [6.07, 6.45) is 0. The van der Waals surface area contributed by atoms with Gasteiger partial charge < -0.3 is 5.11 Å². The van der Waals surface area contributed by atoms with E-state index in [4.69, 9.17) is 5.11 Å². The first-order chi connectivity index (χ1) is 9.90. The van der Waals surface area contributed by atoms with Crippen LogP contribution in [0.2, 0.25) is 0 Å². The predicted molar refractivity (Wildman–Crippen MR) is 69.8 cm³/mol. The summed E-state index contributed by atoms with van der Waals surface area (Å²) in [4.78, 5) is 10.5. The van der Waals surface area contributed by atoms with Gasteiger partial charge in [0.25, 0.3) is 0 Å². The van der Waals surface area contributed by atoms with E-state index in [1.807, 2.05) is 0 Å². The molecule has 21 heavy (non-hydrogen) atoms. The number of hydrogen-bond donors (Lipinski definition) is 1. The van der Waals surface area contributed by atoms with Gasteiger partial charge in [-0.2, -0.15) is 0 Å². The number of carbonyl (C=O) groups is 1. The van der Waals surface area contributed by atoms with E-state index in [2.05, 4.69) is 0 Å². The lowest BCUT2D eigenvalue weighted by molar-refractivity contribution is 0.0696. The molecule has 0 saturated heterocycles. The molecular weight excluding hydrogens is 305 g/mol. The third-order valence-corrected chi connectivity index (χ3v) is 4.12. The molecule has 0 radical (unpaired) electrons. The first-order valence-corrected chi connectivity index (χ1v) is 7.06. The van der Waals surface area contributed by atoms with E-state index in [1.165, 1.54) is 12.1 Å². The molecule has 2 rings (SSSR count). The second kappa shape index (κ2) is 6.09. The Bertz CT molecular complexity index is 731. The molecule has 0 saturated carbocycles. The molecule has 0 amide bonds. The van der Waals surface area contributed by atoms with Crippen LogP contribution in [-0.2, 0) is 16.6 Å². The van der Waals surface area contributed by atoms with Crippen molar-refractivity contribution in [1.82, 2.24) is 0 Å². The Kier molecular flexibility index (Phi) is 4.42. The molecule has 0 bridgehead atoms. The van der Waals surface area contributed by atoms with Crippen LogP contribution in [-0.4, -0.2) is 15.3 Å². The normalized spacial score (nSPS) is 12.1. The molecule has 0 aliphatic heterocycles. The fourth-order valence-corrected chi connectivity index (χ4v) is 2.89. The summed E-state index contributed by atoms with van der Waals surface area (Å²) in [6.45, 7) is 0. The number of carboxylic acid groups (broad SMARTS) is 1. The number of rotatable bonds is 4. The average molecular weight is 314 g/mol. The molecule has 1 atom stereocenters. The van der Waals surface area contributed by atoms with Crippen LogP contribution in [0.1, 0.15) is 15.9 Å². The van der Waals surface area contributed by atoms with Gasteiger partial charge in [0, 0.05) is 5.56 Å². The predicted octanol–water partition coefficient (Wildman–Crippen LogP) is 3.11. The molecule has 0 aliphatic rings. The van der Waals surface area contributed by atoms with Crippen LogP contribution >= 0.6 is 0 Å². The highest BCUT2D eigenvalue weighted by Crippen LogP contribution is 2.20. The Hall–Kier alpha value is -2.15. The molecule has 1 unspecified atom stereocenters. The summed E-state index contributed by atoms with van der Waals surface area (Å²) in [5.74, 6) is -4.87. The second-order valence-corrected chi connectivity index (χ2v) is 5.57. The van der Waals surface area contributed by atoms with Crippen molar-refractivity contribution in [2.24, 2.45) is 0 Å². The molecule has 0 spiro atoms. The van der Waals surface area contributed by atoms with Gasteiger partial charge in [0.05, 0.1) is 27.0 Å². The Balaban J connectivity index is 2.34. The van der Waals surface area contributed by atoms with Crippen LogP contribution < -0.4 is 0 Å². The summed E-state index contributed by atoms with van der Waals surface area (Å²) in [6, 6.07) is 6.21. The maximum absolute atomic E-state index is 13.6. The SMILES string of the molecule is O=C(O)c1ccc(F)c(S(=O)Cc2cccc(F)c2F)c1. The zero-order valence-corrected chi connectivity index (χ0v) is 11.3. The number of carboxylic acids is 1. The maximum Gasteiger partial charge on any atom is 0.335 e. The summed E-state index contributed by atoms with van der Waals surface area (Å²) >= 11 is 0. The summed E-state index contributed by atoms with van der Waals surface area (Å²) in [5, 5.41) is 8.82. The third-order valence-electron chi connectivity index (χ3n) is 2.74. The molecule has 1 N–H and O–H groups in total. The number of halogens is 3. The minimum atomic E-state index is -2.04. The van der Waals surface area contributed by atoms with Gasteiger partial charge in [0.2, 0.25) is 0 Å². The van der Waals surface area contributed by atoms with Gasteiger partial charge in [-0.1, -0.05) is 12.1 Å². The molecule has 110 valence electrons. The highest BCUT2D eigenvalue weighted by molar-refractivity contribution is 7.84. The minimum absolute atomic E-state index is 0.173. The van der Waals surface area contributed by atoms with Gasteiger partial charge in [0.15, 0.2) is 11.6 Å². The van der Waals surface area contributed by atoms with E-state index in [1.54, 1.807) is 0 Å². The molecule has 2 aromatic carbocycles. The van der Waals surface area contributed by atoms with E-state index >= 15 is 0 Å². The average Bonchev–Trinajstić information content (AvgIpc) is 2.44. The van der Waals surface area contributed by atoms with Gasteiger partial charge in [-0.3, -0.25) is 4.21 Å². The highest BCUT2D eigenvalue weighted by Gasteiger charge is 2.17. The van der Waals surface area contributed by atoms with Crippen molar-refractivity contribution in [1.29, 1.82) is 0 Å². The van der Waals surface area contributed by atoms with Crippen molar-refractivity contribution >= 4 is 16.8 Å². The molecular formula is C14H9F3O3S. The van der Waals surface area contributed by atoms with Gasteiger partial charge in [-0.05, 0) is 24.3 Å². The molecule has 0 heterocycles. The Labute approximate surface area is 120 Å². The van der Waals surface area contributed by atoms with E-state index in [0.717, 1.165) is 24.3 Å². The van der Waals surface area contributed by atoms with Crippen LogP contribution in [0.25, 0.3) is 0 Å². The van der Waals surface area contributed by atoms with Crippen LogP contribution in [0.3, 0.4) is 0 Å². The molecule has 3 nitrogen and oxygen atoms in total. The first kappa shape index (κ1) is 15.2. The topological polar surface area (TPSA) is 54.4 Å². The van der Waals surface area contributed by atoms with Crippen LogP contribution in [0.15, 0.2) is 41.3 Å². The molecule has 0 aliphatic carbocycles. The van der Waals surface area contributed by atoms with Crippen LogP contribution in [0, 0.1) is 17.5 Å². The monoisotopic (exact) mass is 314 g/mol. The van der Waals surface area contributed by atoms with Crippen LogP contribution in [0.5, 0.6) is 0 Å². The van der Waals surface area contributed by atoms with Crippen molar-refractivity contribution < 1.29 is 27.3 Å². The Morgan fingerprint density at radius 1 is 1.10 bits per heavy atom. The van der Waals surface area contributed by atoms with Crippen LogP contribution in [0.4, 0.5) is 13.2 Å². The van der Waals surface area contributed by atoms with Crippen molar-refractivity contribution in [3.63, 3.8) is 0 Å². The van der Waals surface area contributed by atoms with Crippen molar-refractivity contribution in [2.75, 3.05) is 0 Å². The lowest BCUT2D eigenvalue weighted by atomic mass is 10.2. The molecule has 0 fully saturated rings. The summed E-state index contributed by atoms with van der Waals surface area (Å²) in [7, 11) is -2.04. The van der Waals surface area contributed by atoms with Gasteiger partial charge >= 0.3 is 5.97 Å². The summed E-state index contributed by atoms with van der Waals surface area (Å²) < 4.78 is 52.2. The molecule has 2 aromatic rings. The van der Waals surface area contributed by atoms with Gasteiger partial charge in [-0.15, -0.1) is 0 Å². The number of hydrogen-bond acceptors (Lipinski definition) is 2. The van der Waals surface area contributed by atoms with E-state index in [0.29, 0.717) is 0 Å². The number of aromatic carboxylic acids is 1. The molecule has 7 heteroatoms. The minimum Gasteiger partial charge on any atom is -0.478 e. The number of benzene rings is 2. The van der Waals surface area contributed by atoms with Crippen molar-refractivity contribution in [2.45, 2.75) is 10.6 Å². The standard InChI is InChI=1S/C14H9F3O3S/c15-10-5-4-8(14(18)19)6-12(10)21(20)7-9-2-1-3-11(16)13(9)17/h1-6H,7H2,(H,18,19). The fraction of sp³-hybridized carbons (Fsp3) is 0.0714. The molecule has 0 aromatic heterocycles. The van der Waals surface area contributed by atoms with E-state index in [9.17, 15) is 22.2 Å². The fourth-order valence-electron chi connectivity index (χ4n) is 1.69. The zero-order valence-electron chi connectivity index (χ0n) is 10.5. The second-order valence-electron chi connectivity index (χ2n) is 4.15.